The van der Waals surface area contributed by atoms with Gasteiger partial charge in [0.15, 0.2) is 11.6 Å². The van der Waals surface area contributed by atoms with Crippen molar-refractivity contribution in [3.8, 4) is 5.75 Å². The molecule has 60 valence electrons. The predicted molar refractivity (Wildman–Crippen MR) is 33.0 cm³/mol. The standard InChI is InChI=1S/C7H5F3O/c8-5-2-1-4(7(9)10)3-6(5)11/h1-3,7,11H. The van der Waals surface area contributed by atoms with Crippen molar-refractivity contribution < 1.29 is 18.3 Å². The molecule has 1 aromatic carbocycles. The highest BCUT2D eigenvalue weighted by Gasteiger charge is 2.09. The highest BCUT2D eigenvalue weighted by Crippen LogP contribution is 2.24. The lowest BCUT2D eigenvalue weighted by atomic mass is 10.2. The van der Waals surface area contributed by atoms with Crippen molar-refractivity contribution in [2.75, 3.05) is 0 Å². The Bertz CT molecular complexity index is 260. The Balaban J connectivity index is 3.05. The summed E-state index contributed by atoms with van der Waals surface area (Å²) in [4.78, 5) is 0. The number of benzene rings is 1. The van der Waals surface area contributed by atoms with E-state index in [1.54, 1.807) is 0 Å². The van der Waals surface area contributed by atoms with Gasteiger partial charge in [-0.25, -0.2) is 13.2 Å². The summed E-state index contributed by atoms with van der Waals surface area (Å²) in [6.07, 6.45) is -2.68. The zero-order valence-corrected chi connectivity index (χ0v) is 5.39. The molecule has 0 aliphatic heterocycles. The Kier molecular flexibility index (Phi) is 2.03. The topological polar surface area (TPSA) is 20.2 Å². The lowest BCUT2D eigenvalue weighted by Crippen LogP contribution is -1.84. The summed E-state index contributed by atoms with van der Waals surface area (Å²) < 4.78 is 36.0. The lowest BCUT2D eigenvalue weighted by molar-refractivity contribution is 0.151. The van der Waals surface area contributed by atoms with Gasteiger partial charge < -0.3 is 5.11 Å². The number of aromatic hydroxyl groups is 1. The maximum absolute atomic E-state index is 12.3. The first-order chi connectivity index (χ1) is 5.11. The molecule has 0 bridgehead atoms. The minimum absolute atomic E-state index is 0.385. The maximum Gasteiger partial charge on any atom is 0.263 e. The molecule has 0 saturated carbocycles. The highest BCUT2D eigenvalue weighted by molar-refractivity contribution is 5.29. The van der Waals surface area contributed by atoms with Crippen LogP contribution in [-0.2, 0) is 0 Å². The van der Waals surface area contributed by atoms with Crippen LogP contribution in [0.15, 0.2) is 18.2 Å². The molecule has 1 aromatic rings. The Morgan fingerprint density at radius 2 is 1.91 bits per heavy atom. The van der Waals surface area contributed by atoms with Crippen molar-refractivity contribution in [3.05, 3.63) is 29.6 Å². The molecule has 0 amide bonds. The summed E-state index contributed by atoms with van der Waals surface area (Å²) in [5, 5.41) is 8.64. The van der Waals surface area contributed by atoms with Gasteiger partial charge in [-0.3, -0.25) is 0 Å². The number of rotatable bonds is 1. The molecule has 0 aliphatic carbocycles. The molecular formula is C7H5F3O. The second kappa shape index (κ2) is 2.82. The molecular weight excluding hydrogens is 157 g/mol. The average molecular weight is 162 g/mol. The van der Waals surface area contributed by atoms with E-state index < -0.39 is 18.0 Å². The monoisotopic (exact) mass is 162 g/mol. The maximum atomic E-state index is 12.3. The van der Waals surface area contributed by atoms with Crippen molar-refractivity contribution in [1.29, 1.82) is 0 Å². The van der Waals surface area contributed by atoms with Crippen LogP contribution in [0.3, 0.4) is 0 Å². The van der Waals surface area contributed by atoms with Crippen LogP contribution in [-0.4, -0.2) is 5.11 Å². The molecule has 0 heterocycles. The third-order valence-electron chi connectivity index (χ3n) is 1.22. The number of phenols is 1. The SMILES string of the molecule is Oc1cc(C(F)F)ccc1F. The molecule has 0 aliphatic rings. The fourth-order valence-corrected chi connectivity index (χ4v) is 0.665. The Hall–Kier alpha value is -1.19. The third kappa shape index (κ3) is 1.63. The van der Waals surface area contributed by atoms with Crippen LogP contribution in [0.1, 0.15) is 12.0 Å². The second-order valence-electron chi connectivity index (χ2n) is 2.01. The van der Waals surface area contributed by atoms with Gasteiger partial charge in [-0.1, -0.05) is 6.07 Å². The largest absolute Gasteiger partial charge is 0.505 e. The summed E-state index contributed by atoms with van der Waals surface area (Å²) in [6.45, 7) is 0. The van der Waals surface area contributed by atoms with Crippen LogP contribution in [0.4, 0.5) is 13.2 Å². The van der Waals surface area contributed by atoms with E-state index in [1.165, 1.54) is 0 Å². The van der Waals surface area contributed by atoms with Crippen molar-refractivity contribution in [1.82, 2.24) is 0 Å². The highest BCUT2D eigenvalue weighted by atomic mass is 19.3. The summed E-state index contributed by atoms with van der Waals surface area (Å²) in [5.41, 5.74) is -0.385. The van der Waals surface area contributed by atoms with E-state index in [1.807, 2.05) is 0 Å². The molecule has 0 atom stereocenters. The molecule has 0 fully saturated rings. The Labute approximate surface area is 61.1 Å². The fraction of sp³-hybridized carbons (Fsp3) is 0.143. The smallest absolute Gasteiger partial charge is 0.263 e. The molecule has 11 heavy (non-hydrogen) atoms. The van der Waals surface area contributed by atoms with Gasteiger partial charge in [0.25, 0.3) is 6.43 Å². The van der Waals surface area contributed by atoms with Gasteiger partial charge in [0, 0.05) is 5.56 Å². The first kappa shape index (κ1) is 7.91. The van der Waals surface area contributed by atoms with Gasteiger partial charge in [-0.05, 0) is 12.1 Å². The number of hydrogen-bond donors (Lipinski definition) is 1. The van der Waals surface area contributed by atoms with E-state index in [-0.39, 0.29) is 5.56 Å². The summed E-state index contributed by atoms with van der Waals surface area (Å²) in [6, 6.07) is 2.44. The number of hydrogen-bond acceptors (Lipinski definition) is 1. The molecule has 0 radical (unpaired) electrons. The average Bonchev–Trinajstić information content (AvgIpc) is 1.94. The van der Waals surface area contributed by atoms with E-state index >= 15 is 0 Å². The van der Waals surface area contributed by atoms with Gasteiger partial charge in [-0.2, -0.15) is 0 Å². The van der Waals surface area contributed by atoms with E-state index in [9.17, 15) is 13.2 Å². The summed E-state index contributed by atoms with van der Waals surface area (Å²) >= 11 is 0. The van der Waals surface area contributed by atoms with E-state index in [0.717, 1.165) is 12.1 Å². The van der Waals surface area contributed by atoms with Crippen LogP contribution < -0.4 is 0 Å². The predicted octanol–water partition coefficient (Wildman–Crippen LogP) is 2.47. The Morgan fingerprint density at radius 1 is 1.27 bits per heavy atom. The number of phenolic OH excluding ortho intramolecular Hbond substituents is 1. The van der Waals surface area contributed by atoms with Crippen LogP contribution in [0.2, 0.25) is 0 Å². The Morgan fingerprint density at radius 3 is 2.36 bits per heavy atom. The molecule has 0 saturated heterocycles. The lowest BCUT2D eigenvalue weighted by Gasteiger charge is -1.99. The fourth-order valence-electron chi connectivity index (χ4n) is 0.665. The number of alkyl halides is 2. The molecule has 0 aromatic heterocycles. The van der Waals surface area contributed by atoms with Gasteiger partial charge in [-0.15, -0.1) is 0 Å². The van der Waals surface area contributed by atoms with Gasteiger partial charge in [0.05, 0.1) is 0 Å². The van der Waals surface area contributed by atoms with Crippen molar-refractivity contribution in [2.45, 2.75) is 6.43 Å². The molecule has 1 N–H and O–H groups in total. The summed E-state index contributed by atoms with van der Waals surface area (Å²) in [5.74, 6) is -1.64. The zero-order valence-electron chi connectivity index (χ0n) is 5.39. The van der Waals surface area contributed by atoms with Crippen LogP contribution in [0.5, 0.6) is 5.75 Å². The van der Waals surface area contributed by atoms with Crippen molar-refractivity contribution in [2.24, 2.45) is 0 Å². The molecule has 1 rings (SSSR count). The minimum Gasteiger partial charge on any atom is -0.505 e. The van der Waals surface area contributed by atoms with Gasteiger partial charge in [0.1, 0.15) is 0 Å². The zero-order chi connectivity index (χ0) is 8.43. The minimum atomic E-state index is -2.68. The quantitative estimate of drug-likeness (QED) is 0.672. The van der Waals surface area contributed by atoms with Crippen molar-refractivity contribution in [3.63, 3.8) is 0 Å². The third-order valence-corrected chi connectivity index (χ3v) is 1.22. The van der Waals surface area contributed by atoms with Gasteiger partial charge in [0.2, 0.25) is 0 Å². The van der Waals surface area contributed by atoms with E-state index in [0.29, 0.717) is 6.07 Å². The van der Waals surface area contributed by atoms with E-state index in [4.69, 9.17) is 5.11 Å². The molecule has 0 unspecified atom stereocenters. The summed E-state index contributed by atoms with van der Waals surface area (Å²) in [7, 11) is 0. The van der Waals surface area contributed by atoms with Crippen LogP contribution in [0, 0.1) is 5.82 Å². The van der Waals surface area contributed by atoms with Crippen LogP contribution >= 0.6 is 0 Å². The molecule has 0 spiro atoms. The van der Waals surface area contributed by atoms with E-state index in [2.05, 4.69) is 0 Å². The van der Waals surface area contributed by atoms with Crippen LogP contribution in [0.25, 0.3) is 0 Å². The first-order valence-electron chi connectivity index (χ1n) is 2.88. The van der Waals surface area contributed by atoms with Crippen molar-refractivity contribution >= 4 is 0 Å². The van der Waals surface area contributed by atoms with Gasteiger partial charge >= 0.3 is 0 Å². The second-order valence-corrected chi connectivity index (χ2v) is 2.01. The first-order valence-corrected chi connectivity index (χ1v) is 2.88. The normalized spacial score (nSPS) is 10.5. The molecule has 4 heteroatoms. The number of halogens is 3. The molecule has 1 nitrogen and oxygen atoms in total.